The zero-order valence-electron chi connectivity index (χ0n) is 27.4. The molecule has 5 aromatic carbocycles. The third kappa shape index (κ3) is 7.82. The van der Waals surface area contributed by atoms with E-state index in [1.54, 1.807) is 54.6 Å². The van der Waals surface area contributed by atoms with Crippen molar-refractivity contribution in [2.45, 2.75) is 11.9 Å². The predicted octanol–water partition coefficient (Wildman–Crippen LogP) is 6.88. The maximum absolute atomic E-state index is 15.7. The number of hydrogen-bond acceptors (Lipinski definition) is 7. The fraction of sp³-hybridized carbons (Fsp3) is 0.175. The largest absolute Gasteiger partial charge is 0.463 e. The maximum Gasteiger partial charge on any atom is 0.425 e. The van der Waals surface area contributed by atoms with Gasteiger partial charge in [-0.05, 0) is 53.6 Å². The summed E-state index contributed by atoms with van der Waals surface area (Å²) in [6.07, 6.45) is 0. The van der Waals surface area contributed by atoms with Gasteiger partial charge < -0.3 is 24.4 Å². The van der Waals surface area contributed by atoms with Crippen LogP contribution in [0.2, 0.25) is 0 Å². The van der Waals surface area contributed by atoms with E-state index in [4.69, 9.17) is 9.47 Å². The number of halogens is 1. The van der Waals surface area contributed by atoms with Crippen molar-refractivity contribution in [2.75, 3.05) is 38.6 Å². The molecule has 254 valence electrons. The normalized spacial score (nSPS) is 14.3. The molecule has 1 N–H and O–H groups in total. The Balaban J connectivity index is 1.10. The highest BCUT2D eigenvalue weighted by Crippen LogP contribution is 2.31. The maximum atomic E-state index is 15.7. The van der Waals surface area contributed by atoms with Gasteiger partial charge in [0.1, 0.15) is 17.2 Å². The van der Waals surface area contributed by atoms with E-state index in [1.807, 2.05) is 41.3 Å². The highest BCUT2D eigenvalue weighted by molar-refractivity contribution is 6.10. The summed E-state index contributed by atoms with van der Waals surface area (Å²) in [7, 11) is 0.957. The SMILES string of the molecule is COC(=O)C(F)(Oc1ccccc1)C(=O)Nc1cccc(Oc2cccc(C(=O)N3CCN(C(c4ccccc4)c4ccccc4)CC3)c2)c1. The number of alkyl halides is 1. The summed E-state index contributed by atoms with van der Waals surface area (Å²) in [5.41, 5.74) is 3.03. The fourth-order valence-electron chi connectivity index (χ4n) is 5.89. The molecule has 0 aliphatic carbocycles. The average Bonchev–Trinajstić information content (AvgIpc) is 3.16. The molecule has 0 spiro atoms. The van der Waals surface area contributed by atoms with Gasteiger partial charge in [-0.25, -0.2) is 4.79 Å². The van der Waals surface area contributed by atoms with E-state index < -0.39 is 17.7 Å². The van der Waals surface area contributed by atoms with Crippen molar-refractivity contribution in [3.05, 3.63) is 156 Å². The third-order valence-electron chi connectivity index (χ3n) is 8.35. The molecule has 10 heteroatoms. The first-order valence-electron chi connectivity index (χ1n) is 16.2. The minimum atomic E-state index is -3.45. The molecule has 1 unspecified atom stereocenters. The van der Waals surface area contributed by atoms with Crippen LogP contribution in [0, 0.1) is 0 Å². The van der Waals surface area contributed by atoms with Crippen LogP contribution >= 0.6 is 0 Å². The first-order chi connectivity index (χ1) is 24.3. The van der Waals surface area contributed by atoms with Crippen LogP contribution in [0.1, 0.15) is 27.5 Å². The van der Waals surface area contributed by atoms with Gasteiger partial charge in [0, 0.05) is 43.5 Å². The van der Waals surface area contributed by atoms with E-state index in [1.165, 1.54) is 35.4 Å². The number of ether oxygens (including phenoxy) is 3. The quantitative estimate of drug-likeness (QED) is 0.121. The van der Waals surface area contributed by atoms with E-state index >= 15 is 4.39 Å². The molecule has 1 heterocycles. The lowest BCUT2D eigenvalue weighted by molar-refractivity contribution is -0.181. The number of carbonyl (C=O) groups is 3. The monoisotopic (exact) mass is 673 g/mol. The molecule has 1 atom stereocenters. The van der Waals surface area contributed by atoms with Gasteiger partial charge in [0.05, 0.1) is 13.2 Å². The Bertz CT molecular complexity index is 1880. The standard InChI is InChI=1S/C40H36FN3O6/c1-48-39(47)40(41,50-33-19-9-4-10-20-33)38(46)42-32-18-12-22-35(28-32)49-34-21-11-17-31(27-34)37(45)44-25-23-43(24-26-44)36(29-13-5-2-6-14-29)30-15-7-3-8-16-30/h2-22,27-28,36H,23-26H2,1H3,(H,42,46). The van der Waals surface area contributed by atoms with Gasteiger partial charge in [-0.15, -0.1) is 0 Å². The molecule has 2 amide bonds. The molecule has 1 aliphatic rings. The van der Waals surface area contributed by atoms with Crippen LogP contribution in [-0.4, -0.2) is 66.7 Å². The van der Waals surface area contributed by atoms with Gasteiger partial charge in [-0.2, -0.15) is 4.39 Å². The number of anilines is 1. The van der Waals surface area contributed by atoms with Gasteiger partial charge in [0.2, 0.25) is 0 Å². The van der Waals surface area contributed by atoms with Gasteiger partial charge in [0.15, 0.2) is 0 Å². The molecule has 0 saturated carbocycles. The van der Waals surface area contributed by atoms with Gasteiger partial charge in [-0.3, -0.25) is 14.5 Å². The minimum absolute atomic E-state index is 0.0347. The van der Waals surface area contributed by atoms with Crippen LogP contribution in [0.3, 0.4) is 0 Å². The summed E-state index contributed by atoms with van der Waals surface area (Å²) in [6.45, 7) is 2.55. The van der Waals surface area contributed by atoms with Crippen molar-refractivity contribution < 1.29 is 33.0 Å². The predicted molar refractivity (Wildman–Crippen MR) is 187 cm³/mol. The number of methoxy groups -OCH3 is 1. The lowest BCUT2D eigenvalue weighted by atomic mass is 9.96. The Morgan fingerprint density at radius 1 is 0.680 bits per heavy atom. The molecular weight excluding hydrogens is 637 g/mol. The molecule has 1 aliphatic heterocycles. The van der Waals surface area contributed by atoms with Crippen LogP contribution in [0.4, 0.5) is 10.1 Å². The zero-order chi connectivity index (χ0) is 34.9. The second-order valence-corrected chi connectivity index (χ2v) is 11.7. The first-order valence-corrected chi connectivity index (χ1v) is 16.2. The van der Waals surface area contributed by atoms with Crippen LogP contribution in [0.25, 0.3) is 0 Å². The zero-order valence-corrected chi connectivity index (χ0v) is 27.4. The van der Waals surface area contributed by atoms with Gasteiger partial charge in [-0.1, -0.05) is 91.0 Å². The molecule has 0 bridgehead atoms. The second-order valence-electron chi connectivity index (χ2n) is 11.7. The number of esters is 1. The number of amides is 2. The van der Waals surface area contributed by atoms with Crippen molar-refractivity contribution in [3.8, 4) is 17.2 Å². The molecule has 50 heavy (non-hydrogen) atoms. The van der Waals surface area contributed by atoms with Crippen molar-refractivity contribution in [2.24, 2.45) is 0 Å². The summed E-state index contributed by atoms with van der Waals surface area (Å²) in [6, 6.07) is 41.6. The first kappa shape index (κ1) is 33.9. The van der Waals surface area contributed by atoms with Crippen molar-refractivity contribution in [1.29, 1.82) is 0 Å². The third-order valence-corrected chi connectivity index (χ3v) is 8.35. The number of benzene rings is 5. The van der Waals surface area contributed by atoms with Gasteiger partial charge in [0.25, 0.3) is 5.91 Å². The Kier molecular flexibility index (Phi) is 10.5. The Hall–Kier alpha value is -6.00. The number of piperazine rings is 1. The summed E-state index contributed by atoms with van der Waals surface area (Å²) < 4.78 is 31.4. The number of hydrogen-bond donors (Lipinski definition) is 1. The lowest BCUT2D eigenvalue weighted by Crippen LogP contribution is -2.51. The van der Waals surface area contributed by atoms with Gasteiger partial charge >= 0.3 is 17.7 Å². The molecule has 9 nitrogen and oxygen atoms in total. The Labute approximate surface area is 289 Å². The number of para-hydroxylation sites is 1. The highest BCUT2D eigenvalue weighted by atomic mass is 19.2. The van der Waals surface area contributed by atoms with E-state index in [2.05, 4.69) is 39.2 Å². The van der Waals surface area contributed by atoms with E-state index in [0.717, 1.165) is 7.11 Å². The Morgan fingerprint density at radius 2 is 1.22 bits per heavy atom. The van der Waals surface area contributed by atoms with Crippen LogP contribution in [0.15, 0.2) is 140 Å². The van der Waals surface area contributed by atoms with Crippen LogP contribution in [0.5, 0.6) is 17.2 Å². The molecule has 0 aromatic heterocycles. The lowest BCUT2D eigenvalue weighted by Gasteiger charge is -2.39. The topological polar surface area (TPSA) is 97.4 Å². The number of rotatable bonds is 11. The smallest absolute Gasteiger partial charge is 0.425 e. The number of carbonyl (C=O) groups excluding carboxylic acids is 3. The molecule has 1 fully saturated rings. The van der Waals surface area contributed by atoms with E-state index in [9.17, 15) is 14.4 Å². The summed E-state index contributed by atoms with van der Waals surface area (Å²) in [4.78, 5) is 43.2. The van der Waals surface area contributed by atoms with Crippen molar-refractivity contribution >= 4 is 23.5 Å². The number of nitrogens with zero attached hydrogens (tertiary/aromatic N) is 2. The molecular formula is C40H36FN3O6. The summed E-state index contributed by atoms with van der Waals surface area (Å²) in [5, 5.41) is 2.36. The van der Waals surface area contributed by atoms with E-state index in [0.29, 0.717) is 43.2 Å². The van der Waals surface area contributed by atoms with Crippen molar-refractivity contribution in [1.82, 2.24) is 9.80 Å². The minimum Gasteiger partial charge on any atom is -0.463 e. The Morgan fingerprint density at radius 3 is 1.82 bits per heavy atom. The highest BCUT2D eigenvalue weighted by Gasteiger charge is 2.51. The summed E-state index contributed by atoms with van der Waals surface area (Å²) >= 11 is 0. The molecule has 5 aromatic rings. The molecule has 0 radical (unpaired) electrons. The van der Waals surface area contributed by atoms with Crippen molar-refractivity contribution in [3.63, 3.8) is 0 Å². The van der Waals surface area contributed by atoms with Crippen LogP contribution in [-0.2, 0) is 14.3 Å². The average molecular weight is 674 g/mol. The van der Waals surface area contributed by atoms with E-state index in [-0.39, 0.29) is 23.4 Å². The fourth-order valence-corrected chi connectivity index (χ4v) is 5.89. The molecule has 1 saturated heterocycles. The summed E-state index contributed by atoms with van der Waals surface area (Å²) in [5.74, 6) is -5.77. The molecule has 6 rings (SSSR count). The van der Waals surface area contributed by atoms with Crippen LogP contribution < -0.4 is 14.8 Å². The number of nitrogens with one attached hydrogen (secondary N) is 1. The second kappa shape index (κ2) is 15.5.